The van der Waals surface area contributed by atoms with Crippen LogP contribution < -0.4 is 5.32 Å². The zero-order valence-electron chi connectivity index (χ0n) is 8.66. The molecule has 1 aromatic heterocycles. The van der Waals surface area contributed by atoms with Crippen molar-refractivity contribution in [3.05, 3.63) is 28.5 Å². The van der Waals surface area contributed by atoms with E-state index in [4.69, 9.17) is 4.74 Å². The number of aromatic nitrogens is 1. The quantitative estimate of drug-likeness (QED) is 0.848. The number of hydrogen-bond donors (Lipinski definition) is 1. The molecule has 15 heavy (non-hydrogen) atoms. The summed E-state index contributed by atoms with van der Waals surface area (Å²) < 4.78 is 5.58. The smallest absolute Gasteiger partial charge is 0.329 e. The molecule has 5 heteroatoms. The molecule has 0 aliphatic heterocycles. The number of halogens is 1. The Kier molecular flexibility index (Phi) is 4.71. The average molecular weight is 273 g/mol. The molecular weight excluding hydrogens is 260 g/mol. The van der Waals surface area contributed by atoms with Crippen molar-refractivity contribution in [1.29, 1.82) is 0 Å². The van der Waals surface area contributed by atoms with Gasteiger partial charge < -0.3 is 4.74 Å². The van der Waals surface area contributed by atoms with E-state index in [0.717, 1.165) is 4.47 Å². The molecule has 0 amide bonds. The van der Waals surface area contributed by atoms with Gasteiger partial charge in [-0.1, -0.05) is 6.92 Å². The standard InChI is InChI=1S/C10H13BrN2O2/c1-3-12-9(10(14)15-2)8-5-4-7(11)6-13-8/h4-6,9,12H,3H2,1-2H3. The van der Waals surface area contributed by atoms with Gasteiger partial charge in [0.05, 0.1) is 12.8 Å². The topological polar surface area (TPSA) is 51.2 Å². The average Bonchev–Trinajstić information content (AvgIpc) is 2.26. The van der Waals surface area contributed by atoms with Gasteiger partial charge in [0.25, 0.3) is 0 Å². The first-order valence-corrected chi connectivity index (χ1v) is 5.41. The van der Waals surface area contributed by atoms with Gasteiger partial charge in [0.1, 0.15) is 6.04 Å². The van der Waals surface area contributed by atoms with E-state index in [9.17, 15) is 4.79 Å². The largest absolute Gasteiger partial charge is 0.468 e. The van der Waals surface area contributed by atoms with Crippen molar-refractivity contribution in [1.82, 2.24) is 10.3 Å². The number of nitrogens with zero attached hydrogens (tertiary/aromatic N) is 1. The van der Waals surface area contributed by atoms with Crippen LogP contribution in [0.1, 0.15) is 18.7 Å². The molecule has 0 aliphatic rings. The van der Waals surface area contributed by atoms with Gasteiger partial charge in [-0.3, -0.25) is 10.3 Å². The summed E-state index contributed by atoms with van der Waals surface area (Å²) in [6.07, 6.45) is 1.66. The van der Waals surface area contributed by atoms with Gasteiger partial charge in [0.15, 0.2) is 0 Å². The van der Waals surface area contributed by atoms with Gasteiger partial charge in [-0.2, -0.15) is 0 Å². The first kappa shape index (κ1) is 12.1. The lowest BCUT2D eigenvalue weighted by atomic mass is 10.2. The maximum atomic E-state index is 11.5. The Balaban J connectivity index is 2.88. The van der Waals surface area contributed by atoms with Crippen molar-refractivity contribution in [3.63, 3.8) is 0 Å². The second-order valence-corrected chi connectivity index (χ2v) is 3.83. The number of methoxy groups -OCH3 is 1. The molecule has 0 aromatic carbocycles. The number of pyridine rings is 1. The van der Waals surface area contributed by atoms with Crippen LogP contribution in [-0.2, 0) is 9.53 Å². The summed E-state index contributed by atoms with van der Waals surface area (Å²) in [5, 5.41) is 3.02. The minimum Gasteiger partial charge on any atom is -0.468 e. The molecule has 0 aliphatic carbocycles. The highest BCUT2D eigenvalue weighted by atomic mass is 79.9. The van der Waals surface area contributed by atoms with Gasteiger partial charge in [0, 0.05) is 10.7 Å². The van der Waals surface area contributed by atoms with Crippen molar-refractivity contribution in [2.75, 3.05) is 13.7 Å². The predicted molar refractivity (Wildman–Crippen MR) is 60.4 cm³/mol. The van der Waals surface area contributed by atoms with E-state index in [0.29, 0.717) is 12.2 Å². The Morgan fingerprint density at radius 3 is 2.87 bits per heavy atom. The lowest BCUT2D eigenvalue weighted by molar-refractivity contribution is -0.143. The number of hydrogen-bond acceptors (Lipinski definition) is 4. The summed E-state index contributed by atoms with van der Waals surface area (Å²) in [6, 6.07) is 3.14. The minimum atomic E-state index is -0.493. The lowest BCUT2D eigenvalue weighted by Gasteiger charge is -2.14. The second kappa shape index (κ2) is 5.82. The normalized spacial score (nSPS) is 12.2. The van der Waals surface area contributed by atoms with Crippen LogP contribution in [0.25, 0.3) is 0 Å². The van der Waals surface area contributed by atoms with Crippen molar-refractivity contribution in [2.24, 2.45) is 0 Å². The summed E-state index contributed by atoms with van der Waals surface area (Å²) in [5.74, 6) is -0.327. The highest BCUT2D eigenvalue weighted by Crippen LogP contribution is 2.14. The third-order valence-electron chi connectivity index (χ3n) is 1.89. The fourth-order valence-corrected chi connectivity index (χ4v) is 1.42. The van der Waals surface area contributed by atoms with E-state index < -0.39 is 6.04 Å². The van der Waals surface area contributed by atoms with Crippen LogP contribution in [0.4, 0.5) is 0 Å². The van der Waals surface area contributed by atoms with Gasteiger partial charge in [-0.05, 0) is 34.6 Å². The van der Waals surface area contributed by atoms with E-state index in [1.54, 1.807) is 12.3 Å². The third-order valence-corrected chi connectivity index (χ3v) is 2.36. The van der Waals surface area contributed by atoms with Crippen LogP contribution in [0.15, 0.2) is 22.8 Å². The van der Waals surface area contributed by atoms with Gasteiger partial charge in [0.2, 0.25) is 0 Å². The molecule has 1 atom stereocenters. The summed E-state index contributed by atoms with van der Waals surface area (Å²) >= 11 is 3.29. The fourth-order valence-electron chi connectivity index (χ4n) is 1.19. The van der Waals surface area contributed by atoms with E-state index in [1.807, 2.05) is 13.0 Å². The number of ether oxygens (including phenoxy) is 1. The molecular formula is C10H13BrN2O2. The SMILES string of the molecule is CCNC(C(=O)OC)c1ccc(Br)cn1. The van der Waals surface area contributed by atoms with Crippen LogP contribution >= 0.6 is 15.9 Å². The van der Waals surface area contributed by atoms with Crippen LogP contribution in [0.2, 0.25) is 0 Å². The molecule has 1 unspecified atom stereocenters. The van der Waals surface area contributed by atoms with Crippen LogP contribution in [0.5, 0.6) is 0 Å². The number of likely N-dealkylation sites (N-methyl/N-ethyl adjacent to an activating group) is 1. The molecule has 82 valence electrons. The zero-order chi connectivity index (χ0) is 11.3. The number of carbonyl (C=O) groups is 1. The molecule has 0 bridgehead atoms. The first-order chi connectivity index (χ1) is 7.19. The molecule has 0 saturated heterocycles. The highest BCUT2D eigenvalue weighted by Gasteiger charge is 2.21. The number of carbonyl (C=O) groups excluding carboxylic acids is 1. The summed E-state index contributed by atoms with van der Waals surface area (Å²) in [6.45, 7) is 2.60. The van der Waals surface area contributed by atoms with E-state index >= 15 is 0 Å². The van der Waals surface area contributed by atoms with Gasteiger partial charge in [-0.15, -0.1) is 0 Å². The minimum absolute atomic E-state index is 0.327. The van der Waals surface area contributed by atoms with Gasteiger partial charge >= 0.3 is 5.97 Å². The predicted octanol–water partition coefficient (Wildman–Crippen LogP) is 1.67. The molecule has 1 heterocycles. The van der Waals surface area contributed by atoms with Crippen molar-refractivity contribution in [2.45, 2.75) is 13.0 Å². The van der Waals surface area contributed by atoms with Crippen molar-refractivity contribution in [3.8, 4) is 0 Å². The number of rotatable bonds is 4. The Bertz CT molecular complexity index is 327. The van der Waals surface area contributed by atoms with E-state index in [1.165, 1.54) is 7.11 Å². The monoisotopic (exact) mass is 272 g/mol. The number of nitrogens with one attached hydrogen (secondary N) is 1. The van der Waals surface area contributed by atoms with Crippen LogP contribution in [0.3, 0.4) is 0 Å². The highest BCUT2D eigenvalue weighted by molar-refractivity contribution is 9.10. The maximum Gasteiger partial charge on any atom is 0.329 e. The molecule has 0 radical (unpaired) electrons. The molecule has 1 rings (SSSR count). The Morgan fingerprint density at radius 2 is 2.40 bits per heavy atom. The molecule has 1 N–H and O–H groups in total. The zero-order valence-corrected chi connectivity index (χ0v) is 10.2. The second-order valence-electron chi connectivity index (χ2n) is 2.92. The molecule has 4 nitrogen and oxygen atoms in total. The van der Waals surface area contributed by atoms with E-state index in [-0.39, 0.29) is 5.97 Å². The Morgan fingerprint density at radius 1 is 1.67 bits per heavy atom. The van der Waals surface area contributed by atoms with Crippen LogP contribution in [-0.4, -0.2) is 24.6 Å². The molecule has 0 spiro atoms. The van der Waals surface area contributed by atoms with Crippen LogP contribution in [0, 0.1) is 0 Å². The Labute approximate surface area is 97.2 Å². The Hall–Kier alpha value is -0.940. The first-order valence-electron chi connectivity index (χ1n) is 4.61. The number of esters is 1. The molecule has 1 aromatic rings. The fraction of sp³-hybridized carbons (Fsp3) is 0.400. The lowest BCUT2D eigenvalue weighted by Crippen LogP contribution is -2.30. The maximum absolute atomic E-state index is 11.5. The van der Waals surface area contributed by atoms with Gasteiger partial charge in [-0.25, -0.2) is 4.79 Å². The summed E-state index contributed by atoms with van der Waals surface area (Å²) in [5.41, 5.74) is 0.659. The van der Waals surface area contributed by atoms with Crippen molar-refractivity contribution >= 4 is 21.9 Å². The van der Waals surface area contributed by atoms with Crippen molar-refractivity contribution < 1.29 is 9.53 Å². The third kappa shape index (κ3) is 3.28. The molecule has 0 fully saturated rings. The van der Waals surface area contributed by atoms with E-state index in [2.05, 4.69) is 26.2 Å². The summed E-state index contributed by atoms with van der Waals surface area (Å²) in [7, 11) is 1.37. The molecule has 0 saturated carbocycles. The summed E-state index contributed by atoms with van der Waals surface area (Å²) in [4.78, 5) is 15.6.